The van der Waals surface area contributed by atoms with Gasteiger partial charge in [0.05, 0.1) is 5.41 Å². The second-order valence-electron chi connectivity index (χ2n) is 5.02. The van der Waals surface area contributed by atoms with Gasteiger partial charge >= 0.3 is 0 Å². The van der Waals surface area contributed by atoms with Gasteiger partial charge in [-0.3, -0.25) is 4.79 Å². The molecular formula is C14H14FIO. The first-order valence-corrected chi connectivity index (χ1v) is 7.36. The van der Waals surface area contributed by atoms with Crippen molar-refractivity contribution in [3.8, 4) is 0 Å². The molecule has 0 radical (unpaired) electrons. The molecule has 1 fully saturated rings. The molecule has 1 aromatic carbocycles. The number of carbonyl (C=O) groups is 1. The Hall–Kier alpha value is -0.450. The van der Waals surface area contributed by atoms with Crippen LogP contribution < -0.4 is 0 Å². The fourth-order valence-electron chi connectivity index (χ4n) is 3.42. The van der Waals surface area contributed by atoms with Crippen LogP contribution in [0.3, 0.4) is 0 Å². The molecule has 0 amide bonds. The second-order valence-corrected chi connectivity index (χ2v) is 6.52. The molecule has 0 unspecified atom stereocenters. The van der Waals surface area contributed by atoms with Crippen molar-refractivity contribution in [2.75, 3.05) is 0 Å². The van der Waals surface area contributed by atoms with E-state index in [2.05, 4.69) is 22.6 Å². The first-order valence-electron chi connectivity index (χ1n) is 6.11. The van der Waals surface area contributed by atoms with Gasteiger partial charge in [0.1, 0.15) is 11.6 Å². The van der Waals surface area contributed by atoms with Crippen LogP contribution in [0.15, 0.2) is 18.2 Å². The molecule has 0 saturated heterocycles. The summed E-state index contributed by atoms with van der Waals surface area (Å²) in [5.74, 6) is 0.188. The summed E-state index contributed by atoms with van der Waals surface area (Å²) in [5, 5.41) is 0. The van der Waals surface area contributed by atoms with E-state index in [0.29, 0.717) is 16.1 Å². The summed E-state index contributed by atoms with van der Waals surface area (Å²) in [6.45, 7) is 0. The number of hydrogen-bond donors (Lipinski definition) is 0. The van der Waals surface area contributed by atoms with Crippen LogP contribution in [0, 0.1) is 5.82 Å². The van der Waals surface area contributed by atoms with Crippen LogP contribution in [0.5, 0.6) is 0 Å². The minimum absolute atomic E-state index is 0.134. The van der Waals surface area contributed by atoms with Gasteiger partial charge in [-0.2, -0.15) is 0 Å². The molecule has 0 bridgehead atoms. The van der Waals surface area contributed by atoms with Gasteiger partial charge in [-0.15, -0.1) is 0 Å². The first-order chi connectivity index (χ1) is 8.16. The molecule has 90 valence electrons. The summed E-state index contributed by atoms with van der Waals surface area (Å²) in [5.41, 5.74) is 1.39. The minimum atomic E-state index is -0.379. The fraction of sp³-hybridized carbons (Fsp3) is 0.500. The highest BCUT2D eigenvalue weighted by Crippen LogP contribution is 2.50. The summed E-state index contributed by atoms with van der Waals surface area (Å²) >= 11 is 2.39. The maximum absolute atomic E-state index is 13.8. The molecule has 0 aromatic heterocycles. The number of hydrogen-bond acceptors (Lipinski definition) is 1. The lowest BCUT2D eigenvalue weighted by Gasteiger charge is -2.39. The highest BCUT2D eigenvalue weighted by atomic mass is 127. The molecule has 3 heteroatoms. The van der Waals surface area contributed by atoms with E-state index in [0.717, 1.165) is 36.8 Å². The number of halogens is 2. The Morgan fingerprint density at radius 2 is 2.18 bits per heavy atom. The maximum Gasteiger partial charge on any atom is 0.144 e. The van der Waals surface area contributed by atoms with E-state index >= 15 is 0 Å². The van der Waals surface area contributed by atoms with Gasteiger partial charge in [0.25, 0.3) is 0 Å². The molecule has 17 heavy (non-hydrogen) atoms. The zero-order chi connectivity index (χ0) is 12.0. The Bertz CT molecular complexity index is 485. The quantitative estimate of drug-likeness (QED) is 0.520. The summed E-state index contributed by atoms with van der Waals surface area (Å²) in [6.07, 6.45) is 4.20. The van der Waals surface area contributed by atoms with Crippen LogP contribution in [0.4, 0.5) is 4.39 Å². The van der Waals surface area contributed by atoms with Gasteiger partial charge in [0.15, 0.2) is 0 Å². The van der Waals surface area contributed by atoms with Crippen LogP contribution in [-0.2, 0) is 16.6 Å². The number of ketones is 1. The fourth-order valence-corrected chi connectivity index (χ4v) is 4.73. The Morgan fingerprint density at radius 3 is 2.88 bits per heavy atom. The van der Waals surface area contributed by atoms with Crippen LogP contribution in [-0.4, -0.2) is 9.71 Å². The maximum atomic E-state index is 13.8. The average Bonchev–Trinajstić information content (AvgIpc) is 2.68. The van der Waals surface area contributed by atoms with Gasteiger partial charge in [-0.25, -0.2) is 4.39 Å². The van der Waals surface area contributed by atoms with E-state index in [1.54, 1.807) is 6.07 Å². The van der Waals surface area contributed by atoms with Crippen LogP contribution in [0.2, 0.25) is 0 Å². The minimum Gasteiger partial charge on any atom is -0.299 e. The van der Waals surface area contributed by atoms with Crippen molar-refractivity contribution in [1.82, 2.24) is 0 Å². The third kappa shape index (κ3) is 1.51. The summed E-state index contributed by atoms with van der Waals surface area (Å²) < 4.78 is 14.2. The summed E-state index contributed by atoms with van der Waals surface area (Å²) in [7, 11) is 0. The Labute approximate surface area is 114 Å². The number of rotatable bonds is 0. The normalized spacial score (nSPS) is 31.9. The Balaban J connectivity index is 2.23. The molecule has 2 atom stereocenters. The standard InChI is InChI=1S/C14H14FIO/c15-11-4-1-3-10-9(11)6-7-12(16)14(10)8-2-5-13(14)17/h1,3-4,12H,2,5-8H2/t12-,14+/m0/s1. The predicted octanol–water partition coefficient (Wildman–Crippen LogP) is 3.57. The topological polar surface area (TPSA) is 17.1 Å². The van der Waals surface area contributed by atoms with Gasteiger partial charge < -0.3 is 0 Å². The van der Waals surface area contributed by atoms with E-state index in [-0.39, 0.29) is 11.2 Å². The number of carbonyl (C=O) groups excluding carboxylic acids is 1. The van der Waals surface area contributed by atoms with Crippen LogP contribution in [0.1, 0.15) is 36.8 Å². The van der Waals surface area contributed by atoms with Crippen molar-refractivity contribution in [1.29, 1.82) is 0 Å². The zero-order valence-electron chi connectivity index (χ0n) is 9.51. The molecule has 3 rings (SSSR count). The predicted molar refractivity (Wildman–Crippen MR) is 73.1 cm³/mol. The molecule has 0 heterocycles. The summed E-state index contributed by atoms with van der Waals surface area (Å²) in [6, 6.07) is 5.22. The molecule has 1 nitrogen and oxygen atoms in total. The molecule has 0 N–H and O–H groups in total. The van der Waals surface area contributed by atoms with Gasteiger partial charge in [0, 0.05) is 10.3 Å². The van der Waals surface area contributed by atoms with E-state index in [4.69, 9.17) is 0 Å². The lowest BCUT2D eigenvalue weighted by atomic mass is 9.68. The van der Waals surface area contributed by atoms with E-state index in [1.807, 2.05) is 6.07 Å². The van der Waals surface area contributed by atoms with Crippen molar-refractivity contribution in [2.24, 2.45) is 0 Å². The number of alkyl halides is 1. The second kappa shape index (κ2) is 4.04. The van der Waals surface area contributed by atoms with Crippen molar-refractivity contribution >= 4 is 28.4 Å². The SMILES string of the molecule is O=C1CCC[C@]12c1cccc(F)c1CC[C@@H]2I. The Morgan fingerprint density at radius 1 is 1.35 bits per heavy atom. The van der Waals surface area contributed by atoms with E-state index in [1.165, 1.54) is 6.07 Å². The first kappa shape index (κ1) is 11.6. The van der Waals surface area contributed by atoms with Crippen molar-refractivity contribution in [3.63, 3.8) is 0 Å². The van der Waals surface area contributed by atoms with Gasteiger partial charge in [-0.05, 0) is 42.9 Å². The highest BCUT2D eigenvalue weighted by Gasteiger charge is 2.51. The van der Waals surface area contributed by atoms with Crippen LogP contribution in [0.25, 0.3) is 0 Å². The highest BCUT2D eigenvalue weighted by molar-refractivity contribution is 14.1. The lowest BCUT2D eigenvalue weighted by molar-refractivity contribution is -0.122. The largest absolute Gasteiger partial charge is 0.299 e. The molecule has 1 spiro atoms. The van der Waals surface area contributed by atoms with E-state index in [9.17, 15) is 9.18 Å². The number of fused-ring (bicyclic) bond motifs is 2. The molecular weight excluding hydrogens is 330 g/mol. The molecule has 0 aliphatic heterocycles. The molecule has 1 saturated carbocycles. The van der Waals surface area contributed by atoms with E-state index < -0.39 is 0 Å². The molecule has 2 aliphatic rings. The number of benzene rings is 1. The Kier molecular flexibility index (Phi) is 2.76. The van der Waals surface area contributed by atoms with Crippen LogP contribution >= 0.6 is 22.6 Å². The molecule has 1 aromatic rings. The third-order valence-corrected chi connectivity index (χ3v) is 5.94. The van der Waals surface area contributed by atoms with Crippen molar-refractivity contribution in [2.45, 2.75) is 41.4 Å². The smallest absolute Gasteiger partial charge is 0.144 e. The number of Topliss-reactive ketones (excluding diaryl/α,β-unsaturated/α-hetero) is 1. The zero-order valence-corrected chi connectivity index (χ0v) is 11.7. The molecule has 2 aliphatic carbocycles. The summed E-state index contributed by atoms with van der Waals surface area (Å²) in [4.78, 5) is 12.3. The van der Waals surface area contributed by atoms with Gasteiger partial charge in [-0.1, -0.05) is 34.7 Å². The van der Waals surface area contributed by atoms with Crippen molar-refractivity contribution in [3.05, 3.63) is 35.1 Å². The van der Waals surface area contributed by atoms with Gasteiger partial charge in [0.2, 0.25) is 0 Å². The average molecular weight is 344 g/mol. The lowest BCUT2D eigenvalue weighted by Crippen LogP contribution is -2.44. The van der Waals surface area contributed by atoms with Crippen molar-refractivity contribution < 1.29 is 9.18 Å². The monoisotopic (exact) mass is 344 g/mol. The third-order valence-electron chi connectivity index (χ3n) is 4.25.